The highest BCUT2D eigenvalue weighted by atomic mass is 16.5. The molecular formula is C25H23N5O4. The van der Waals surface area contributed by atoms with E-state index in [4.69, 9.17) is 9.47 Å². The maximum atomic E-state index is 12.5. The molecule has 1 amide bonds. The Labute approximate surface area is 195 Å². The molecule has 172 valence electrons. The third-order valence-electron chi connectivity index (χ3n) is 4.91. The largest absolute Gasteiger partial charge is 0.493 e. The zero-order valence-corrected chi connectivity index (χ0v) is 18.7. The van der Waals surface area contributed by atoms with E-state index >= 15 is 0 Å². The number of carbonyl (C=O) groups is 1. The monoisotopic (exact) mass is 457 g/mol. The number of aromatic amines is 1. The minimum Gasteiger partial charge on any atom is -0.493 e. The minimum atomic E-state index is -0.374. The van der Waals surface area contributed by atoms with Crippen molar-refractivity contribution in [3.63, 3.8) is 0 Å². The highest BCUT2D eigenvalue weighted by molar-refractivity contribution is 5.95. The van der Waals surface area contributed by atoms with E-state index in [-0.39, 0.29) is 11.5 Å². The number of fused-ring (bicyclic) bond motifs is 1. The predicted octanol–water partition coefficient (Wildman–Crippen LogP) is 3.84. The summed E-state index contributed by atoms with van der Waals surface area (Å²) in [6.07, 6.45) is 1.50. The van der Waals surface area contributed by atoms with Gasteiger partial charge in [-0.3, -0.25) is 14.6 Å². The van der Waals surface area contributed by atoms with Crippen LogP contribution in [0.1, 0.15) is 22.8 Å². The van der Waals surface area contributed by atoms with Crippen LogP contribution >= 0.6 is 0 Å². The number of H-pyrrole nitrogens is 1. The highest BCUT2D eigenvalue weighted by Gasteiger charge is 2.09. The van der Waals surface area contributed by atoms with Crippen molar-refractivity contribution < 1.29 is 14.3 Å². The van der Waals surface area contributed by atoms with E-state index in [9.17, 15) is 9.59 Å². The van der Waals surface area contributed by atoms with Crippen LogP contribution < -0.4 is 25.8 Å². The molecule has 1 aromatic heterocycles. The molecule has 0 saturated carbocycles. The second-order valence-corrected chi connectivity index (χ2v) is 7.14. The van der Waals surface area contributed by atoms with Crippen LogP contribution in [0.4, 0.5) is 11.6 Å². The van der Waals surface area contributed by atoms with E-state index < -0.39 is 0 Å². The van der Waals surface area contributed by atoms with Crippen molar-refractivity contribution in [2.24, 2.45) is 5.10 Å². The number of hydrogen-bond donors (Lipinski definition) is 3. The van der Waals surface area contributed by atoms with Crippen LogP contribution in [-0.4, -0.2) is 35.8 Å². The van der Waals surface area contributed by atoms with Gasteiger partial charge in [0.2, 0.25) is 5.95 Å². The number of nitrogens with one attached hydrogen (secondary N) is 3. The van der Waals surface area contributed by atoms with E-state index in [0.29, 0.717) is 51.8 Å². The molecule has 0 aliphatic heterocycles. The van der Waals surface area contributed by atoms with Crippen LogP contribution in [0.25, 0.3) is 10.9 Å². The second kappa shape index (κ2) is 10.3. The summed E-state index contributed by atoms with van der Waals surface area (Å²) in [5.41, 5.74) is 4.62. The van der Waals surface area contributed by atoms with Crippen LogP contribution in [0.3, 0.4) is 0 Å². The molecule has 1 heterocycles. The quantitative estimate of drug-likeness (QED) is 0.273. The Morgan fingerprint density at radius 1 is 1.09 bits per heavy atom. The summed E-state index contributed by atoms with van der Waals surface area (Å²) in [6.45, 7) is 2.35. The minimum absolute atomic E-state index is 0.231. The zero-order chi connectivity index (χ0) is 23.9. The molecule has 3 N–H and O–H groups in total. The Morgan fingerprint density at radius 2 is 1.88 bits per heavy atom. The van der Waals surface area contributed by atoms with Crippen molar-refractivity contribution in [1.29, 1.82) is 0 Å². The Morgan fingerprint density at radius 3 is 2.65 bits per heavy atom. The van der Waals surface area contributed by atoms with E-state index in [1.165, 1.54) is 6.21 Å². The predicted molar refractivity (Wildman–Crippen MR) is 131 cm³/mol. The number of benzene rings is 3. The lowest BCUT2D eigenvalue weighted by Gasteiger charge is -2.11. The lowest BCUT2D eigenvalue weighted by Crippen LogP contribution is -2.17. The third-order valence-corrected chi connectivity index (χ3v) is 4.91. The van der Waals surface area contributed by atoms with E-state index in [0.717, 1.165) is 0 Å². The van der Waals surface area contributed by atoms with Crippen LogP contribution in [-0.2, 0) is 0 Å². The van der Waals surface area contributed by atoms with Gasteiger partial charge in [-0.15, -0.1) is 0 Å². The lowest BCUT2D eigenvalue weighted by molar-refractivity contribution is 0.0955. The molecule has 0 fully saturated rings. The highest BCUT2D eigenvalue weighted by Crippen LogP contribution is 2.29. The van der Waals surface area contributed by atoms with Crippen LogP contribution in [0, 0.1) is 0 Å². The van der Waals surface area contributed by atoms with Crippen LogP contribution in [0.5, 0.6) is 11.5 Å². The molecule has 9 heteroatoms. The maximum Gasteiger partial charge on any atom is 0.271 e. The van der Waals surface area contributed by atoms with Gasteiger partial charge in [-0.2, -0.15) is 5.10 Å². The Hall–Kier alpha value is -4.66. The second-order valence-electron chi connectivity index (χ2n) is 7.14. The molecule has 0 aliphatic rings. The molecular weight excluding hydrogens is 434 g/mol. The van der Waals surface area contributed by atoms with Gasteiger partial charge in [0.1, 0.15) is 0 Å². The van der Waals surface area contributed by atoms with Crippen molar-refractivity contribution in [3.8, 4) is 11.5 Å². The molecule has 4 aromatic rings. The van der Waals surface area contributed by atoms with Crippen molar-refractivity contribution in [1.82, 2.24) is 15.4 Å². The van der Waals surface area contributed by atoms with E-state index in [1.54, 1.807) is 55.6 Å². The first kappa shape index (κ1) is 22.5. The van der Waals surface area contributed by atoms with Gasteiger partial charge in [0.05, 0.1) is 30.8 Å². The summed E-state index contributed by atoms with van der Waals surface area (Å²) in [5, 5.41) is 7.60. The number of para-hydroxylation sites is 2. The third kappa shape index (κ3) is 5.04. The molecule has 34 heavy (non-hydrogen) atoms. The van der Waals surface area contributed by atoms with Crippen LogP contribution in [0.2, 0.25) is 0 Å². The van der Waals surface area contributed by atoms with Crippen molar-refractivity contribution in [2.75, 3.05) is 19.0 Å². The summed E-state index contributed by atoms with van der Waals surface area (Å²) >= 11 is 0. The summed E-state index contributed by atoms with van der Waals surface area (Å²) in [6, 6.07) is 19.2. The van der Waals surface area contributed by atoms with Gasteiger partial charge in [0.15, 0.2) is 11.5 Å². The van der Waals surface area contributed by atoms with Gasteiger partial charge in [0, 0.05) is 16.8 Å². The first-order valence-electron chi connectivity index (χ1n) is 10.6. The summed E-state index contributed by atoms with van der Waals surface area (Å²) in [4.78, 5) is 31.8. The summed E-state index contributed by atoms with van der Waals surface area (Å²) in [7, 11) is 1.56. The number of amides is 1. The lowest BCUT2D eigenvalue weighted by atomic mass is 10.2. The van der Waals surface area contributed by atoms with Crippen LogP contribution in [0.15, 0.2) is 76.6 Å². The standard InChI is InChI=1S/C25H23N5O4/c1-3-34-22-17(7-6-10-21(22)33-2)15-26-30-23(31)16-11-13-18(14-12-16)27-25-28-20-9-5-4-8-19(20)24(32)29-25/h4-15H,3H2,1-2H3,(H,30,31)(H2,27,28,29,32)/b26-15-. The van der Waals surface area contributed by atoms with Gasteiger partial charge in [-0.1, -0.05) is 18.2 Å². The Balaban J connectivity index is 1.43. The Bertz CT molecular complexity index is 1400. The first-order valence-corrected chi connectivity index (χ1v) is 10.6. The van der Waals surface area contributed by atoms with E-state index in [2.05, 4.69) is 25.8 Å². The molecule has 0 unspecified atom stereocenters. The molecule has 0 aliphatic carbocycles. The van der Waals surface area contributed by atoms with Gasteiger partial charge < -0.3 is 14.8 Å². The fourth-order valence-electron chi connectivity index (χ4n) is 3.31. The Kier molecular flexibility index (Phi) is 6.83. The number of rotatable bonds is 8. The summed E-state index contributed by atoms with van der Waals surface area (Å²) in [5.74, 6) is 1.08. The van der Waals surface area contributed by atoms with Gasteiger partial charge in [0.25, 0.3) is 11.5 Å². The average molecular weight is 457 g/mol. The summed E-state index contributed by atoms with van der Waals surface area (Å²) < 4.78 is 10.9. The maximum absolute atomic E-state index is 12.5. The number of anilines is 2. The van der Waals surface area contributed by atoms with Crippen molar-refractivity contribution >= 4 is 34.7 Å². The zero-order valence-electron chi connectivity index (χ0n) is 18.7. The van der Waals surface area contributed by atoms with E-state index in [1.807, 2.05) is 25.1 Å². The van der Waals surface area contributed by atoms with Crippen molar-refractivity contribution in [2.45, 2.75) is 6.92 Å². The number of nitrogens with zero attached hydrogens (tertiary/aromatic N) is 2. The first-order chi connectivity index (χ1) is 16.6. The molecule has 0 atom stereocenters. The average Bonchev–Trinajstić information content (AvgIpc) is 2.85. The van der Waals surface area contributed by atoms with Gasteiger partial charge in [-0.05, 0) is 55.5 Å². The molecule has 0 radical (unpaired) electrons. The number of aromatic nitrogens is 2. The normalized spacial score (nSPS) is 10.9. The topological polar surface area (TPSA) is 118 Å². The van der Waals surface area contributed by atoms with Crippen molar-refractivity contribution in [3.05, 3.63) is 88.2 Å². The molecule has 3 aromatic carbocycles. The van der Waals surface area contributed by atoms with Gasteiger partial charge >= 0.3 is 0 Å². The molecule has 0 saturated heterocycles. The van der Waals surface area contributed by atoms with Gasteiger partial charge in [-0.25, -0.2) is 10.4 Å². The number of hydrazone groups is 1. The fraction of sp³-hybridized carbons (Fsp3) is 0.120. The molecule has 0 spiro atoms. The number of methoxy groups -OCH3 is 1. The smallest absolute Gasteiger partial charge is 0.271 e. The number of hydrogen-bond acceptors (Lipinski definition) is 7. The number of carbonyl (C=O) groups excluding carboxylic acids is 1. The molecule has 0 bridgehead atoms. The molecule has 9 nitrogen and oxygen atoms in total. The fourth-order valence-corrected chi connectivity index (χ4v) is 3.31. The SMILES string of the molecule is CCOc1c(/C=N\NC(=O)c2ccc(Nc3nc4ccccc4c(=O)[nH]3)cc2)cccc1OC. The molecule has 4 rings (SSSR count). The number of ether oxygens (including phenoxy) is 2.